The van der Waals surface area contributed by atoms with E-state index in [2.05, 4.69) is 58.2 Å². The molecule has 1 aliphatic rings. The molecule has 1 atom stereocenters. The van der Waals surface area contributed by atoms with E-state index in [1.54, 1.807) is 11.3 Å². The molecule has 0 amide bonds. The maximum absolute atomic E-state index is 11.1. The van der Waals surface area contributed by atoms with Crippen molar-refractivity contribution in [1.29, 1.82) is 5.26 Å². The highest BCUT2D eigenvalue weighted by Crippen LogP contribution is 2.47. The van der Waals surface area contributed by atoms with Crippen molar-refractivity contribution < 1.29 is 14.3 Å². The van der Waals surface area contributed by atoms with Crippen molar-refractivity contribution >= 4 is 22.3 Å². The van der Waals surface area contributed by atoms with Crippen molar-refractivity contribution in [3.05, 3.63) is 41.2 Å². The number of anilines is 1. The Kier molecular flexibility index (Phi) is 6.53. The van der Waals surface area contributed by atoms with Crippen molar-refractivity contribution in [2.24, 2.45) is 0 Å². The van der Waals surface area contributed by atoms with Gasteiger partial charge in [0.15, 0.2) is 5.82 Å². The van der Waals surface area contributed by atoms with Crippen molar-refractivity contribution in [3.63, 3.8) is 0 Å². The van der Waals surface area contributed by atoms with Crippen LogP contribution >= 0.6 is 11.3 Å². The second-order valence-electron chi connectivity index (χ2n) is 7.82. The van der Waals surface area contributed by atoms with Crippen LogP contribution in [0.25, 0.3) is 21.8 Å². The number of nitriles is 1. The molecule has 0 spiro atoms. The summed E-state index contributed by atoms with van der Waals surface area (Å²) in [6.07, 6.45) is 2.02. The number of carbonyl (C=O) groups is 1. The number of ether oxygens (including phenoxy) is 2. The average molecular weight is 452 g/mol. The topological polar surface area (TPSA) is 104 Å². The molecule has 0 saturated carbocycles. The van der Waals surface area contributed by atoms with Crippen LogP contribution in [0.5, 0.6) is 0 Å². The van der Waals surface area contributed by atoms with Crippen molar-refractivity contribution in [2.45, 2.75) is 33.3 Å². The van der Waals surface area contributed by atoms with E-state index in [9.17, 15) is 10.1 Å². The Hall–Kier alpha value is -3.22. The lowest BCUT2D eigenvalue weighted by Gasteiger charge is -2.33. The van der Waals surface area contributed by atoms with Crippen LogP contribution in [0.1, 0.15) is 30.0 Å². The van der Waals surface area contributed by atoms with Gasteiger partial charge in [-0.2, -0.15) is 10.4 Å². The van der Waals surface area contributed by atoms with Gasteiger partial charge in [-0.05, 0) is 25.0 Å². The molecule has 9 heteroatoms. The van der Waals surface area contributed by atoms with Crippen LogP contribution in [0.3, 0.4) is 0 Å². The Labute approximate surface area is 190 Å². The zero-order valence-corrected chi connectivity index (χ0v) is 19.2. The molecule has 0 radical (unpaired) electrons. The van der Waals surface area contributed by atoms with Crippen molar-refractivity contribution in [1.82, 2.24) is 15.2 Å². The Bertz CT molecular complexity index is 1150. The number of hydrogen-bond acceptors (Lipinski definition) is 8. The molecule has 32 heavy (non-hydrogen) atoms. The van der Waals surface area contributed by atoms with E-state index < -0.39 is 0 Å². The molecule has 0 bridgehead atoms. The Morgan fingerprint density at radius 2 is 2.28 bits per heavy atom. The van der Waals surface area contributed by atoms with Gasteiger partial charge in [-0.1, -0.05) is 23.8 Å². The first-order valence-corrected chi connectivity index (χ1v) is 11.3. The molecule has 1 saturated heterocycles. The summed E-state index contributed by atoms with van der Waals surface area (Å²) in [5.41, 5.74) is 4.80. The van der Waals surface area contributed by atoms with Gasteiger partial charge >= 0.3 is 5.97 Å². The second-order valence-corrected chi connectivity index (χ2v) is 8.82. The number of morpholine rings is 1. The third-order valence-corrected chi connectivity index (χ3v) is 6.71. The van der Waals surface area contributed by atoms with Crippen molar-refractivity contribution in [2.75, 3.05) is 31.2 Å². The van der Waals surface area contributed by atoms with E-state index in [-0.39, 0.29) is 12.1 Å². The molecule has 4 rings (SSSR count). The van der Waals surface area contributed by atoms with Crippen LogP contribution < -0.4 is 4.90 Å². The number of aryl methyl sites for hydroxylation is 2. The van der Waals surface area contributed by atoms with E-state index >= 15 is 0 Å². The Balaban J connectivity index is 1.73. The lowest BCUT2D eigenvalue weighted by atomic mass is 9.95. The maximum Gasteiger partial charge on any atom is 0.302 e. The largest absolute Gasteiger partial charge is 0.466 e. The number of carbonyl (C=O) groups excluding carboxylic acids is 1. The number of aromatic nitrogens is 3. The molecule has 1 unspecified atom stereocenters. The van der Waals surface area contributed by atoms with E-state index in [4.69, 9.17) is 9.47 Å². The number of esters is 1. The molecule has 1 aliphatic heterocycles. The number of benzene rings is 1. The smallest absolute Gasteiger partial charge is 0.302 e. The lowest BCUT2D eigenvalue weighted by Crippen LogP contribution is -2.43. The van der Waals surface area contributed by atoms with Crippen LogP contribution in [0.4, 0.5) is 5.00 Å². The van der Waals surface area contributed by atoms with E-state index in [1.165, 1.54) is 18.8 Å². The predicted molar refractivity (Wildman–Crippen MR) is 123 cm³/mol. The number of aromatic amines is 1. The fourth-order valence-corrected chi connectivity index (χ4v) is 5.24. The van der Waals surface area contributed by atoms with Crippen LogP contribution in [-0.2, 0) is 14.3 Å². The van der Waals surface area contributed by atoms with Gasteiger partial charge in [-0.15, -0.1) is 11.3 Å². The molecule has 3 aromatic rings. The van der Waals surface area contributed by atoms with Gasteiger partial charge in [0, 0.05) is 32.0 Å². The Morgan fingerprint density at radius 1 is 1.44 bits per heavy atom. The first-order valence-electron chi connectivity index (χ1n) is 10.5. The normalized spacial score (nSPS) is 16.1. The van der Waals surface area contributed by atoms with Gasteiger partial charge < -0.3 is 14.4 Å². The molecule has 8 nitrogen and oxygen atoms in total. The summed E-state index contributed by atoms with van der Waals surface area (Å²) in [6.45, 7) is 7.69. The van der Waals surface area contributed by atoms with Crippen LogP contribution in [0, 0.1) is 25.2 Å². The molecular formula is C23H25N5O3S. The summed E-state index contributed by atoms with van der Waals surface area (Å²) in [5.74, 6) is 0.352. The molecule has 1 N–H and O–H groups in total. The zero-order chi connectivity index (χ0) is 22.7. The minimum atomic E-state index is -0.294. The summed E-state index contributed by atoms with van der Waals surface area (Å²) in [4.78, 5) is 18.5. The van der Waals surface area contributed by atoms with Gasteiger partial charge in [0.25, 0.3) is 0 Å². The van der Waals surface area contributed by atoms with E-state index in [0.29, 0.717) is 44.1 Å². The highest BCUT2D eigenvalue weighted by atomic mass is 32.1. The summed E-state index contributed by atoms with van der Waals surface area (Å²) in [6, 6.07) is 8.70. The van der Waals surface area contributed by atoms with Gasteiger partial charge in [-0.3, -0.25) is 9.89 Å². The number of H-pyrrole nitrogens is 1. The Morgan fingerprint density at radius 3 is 2.97 bits per heavy atom. The predicted octanol–water partition coefficient (Wildman–Crippen LogP) is 3.85. The van der Waals surface area contributed by atoms with E-state index in [0.717, 1.165) is 26.6 Å². The van der Waals surface area contributed by atoms with E-state index in [1.807, 2.05) is 0 Å². The first kappa shape index (κ1) is 22.0. The highest BCUT2D eigenvalue weighted by Gasteiger charge is 2.29. The molecule has 2 aromatic heterocycles. The minimum Gasteiger partial charge on any atom is -0.466 e. The van der Waals surface area contributed by atoms with Crippen LogP contribution in [0.15, 0.2) is 24.5 Å². The maximum atomic E-state index is 11.1. The lowest BCUT2D eigenvalue weighted by molar-refractivity contribution is -0.141. The molecule has 1 fully saturated rings. The summed E-state index contributed by atoms with van der Waals surface area (Å²) in [7, 11) is 0. The van der Waals surface area contributed by atoms with Gasteiger partial charge in [-0.25, -0.2) is 4.98 Å². The monoisotopic (exact) mass is 451 g/mol. The highest BCUT2D eigenvalue weighted by molar-refractivity contribution is 7.20. The SMILES string of the molecule is CC(=O)OCCC1CN(c2sc(-c3ncn[nH]3)c(-c3ccc(C)cc3C)c2C#N)CCO1. The number of thiophene rings is 1. The zero-order valence-electron chi connectivity index (χ0n) is 18.3. The minimum absolute atomic E-state index is 0.0740. The fourth-order valence-electron chi connectivity index (χ4n) is 3.99. The second kappa shape index (κ2) is 9.51. The third-order valence-electron chi connectivity index (χ3n) is 5.45. The van der Waals surface area contributed by atoms with Gasteiger partial charge in [0.05, 0.1) is 29.8 Å². The quantitative estimate of drug-likeness (QED) is 0.568. The number of rotatable bonds is 6. The molecule has 3 heterocycles. The van der Waals surface area contributed by atoms with Gasteiger partial charge in [0.1, 0.15) is 17.4 Å². The number of hydrogen-bond donors (Lipinski definition) is 1. The van der Waals surface area contributed by atoms with Crippen molar-refractivity contribution in [3.8, 4) is 27.9 Å². The van der Waals surface area contributed by atoms with Crippen LogP contribution in [0.2, 0.25) is 0 Å². The first-order chi connectivity index (χ1) is 15.5. The summed E-state index contributed by atoms with van der Waals surface area (Å²) >= 11 is 1.54. The summed E-state index contributed by atoms with van der Waals surface area (Å²) < 4.78 is 10.9. The standard InChI is InChI=1S/C23H25N5O3S/c1-14-4-5-18(15(2)10-14)20-19(11-24)23(32-21(20)22-25-13-26-27-22)28-7-9-31-17(12-28)6-8-30-16(3)29/h4-5,10,13,17H,6-9,12H2,1-3H3,(H,25,26,27). The van der Waals surface area contributed by atoms with Crippen LogP contribution in [-0.4, -0.2) is 53.6 Å². The third kappa shape index (κ3) is 4.52. The summed E-state index contributed by atoms with van der Waals surface area (Å²) in [5, 5.41) is 18.1. The molecule has 0 aliphatic carbocycles. The molecular weight excluding hydrogens is 426 g/mol. The average Bonchev–Trinajstić information content (AvgIpc) is 3.41. The fraction of sp³-hybridized carbons (Fsp3) is 0.391. The van der Waals surface area contributed by atoms with Gasteiger partial charge in [0.2, 0.25) is 0 Å². The number of nitrogens with zero attached hydrogens (tertiary/aromatic N) is 4. The molecule has 1 aromatic carbocycles. The number of nitrogens with one attached hydrogen (secondary N) is 1. The molecule has 166 valence electrons.